The molecule has 5 nitrogen and oxygen atoms in total. The van der Waals surface area contributed by atoms with Crippen molar-refractivity contribution < 1.29 is 0 Å². The number of hydrogen-bond acceptors (Lipinski definition) is 4. The zero-order valence-corrected chi connectivity index (χ0v) is 14.0. The maximum absolute atomic E-state index is 6.33. The summed E-state index contributed by atoms with van der Waals surface area (Å²) < 4.78 is 2.38. The number of nitrogens with zero attached hydrogens (tertiary/aromatic N) is 5. The van der Waals surface area contributed by atoms with Gasteiger partial charge < -0.3 is 9.47 Å². The van der Waals surface area contributed by atoms with Gasteiger partial charge in [-0.1, -0.05) is 18.0 Å². The summed E-state index contributed by atoms with van der Waals surface area (Å²) in [6.07, 6.45) is 10.7. The smallest absolute Gasteiger partial charge is 0.137 e. The molecule has 0 aliphatic carbocycles. The van der Waals surface area contributed by atoms with Gasteiger partial charge in [-0.3, -0.25) is 4.98 Å². The molecule has 1 saturated heterocycles. The number of pyridine rings is 1. The predicted octanol–water partition coefficient (Wildman–Crippen LogP) is 3.44. The molecule has 2 aliphatic rings. The van der Waals surface area contributed by atoms with Crippen LogP contribution in [0.4, 0.5) is 5.69 Å². The Morgan fingerprint density at radius 2 is 2.04 bits per heavy atom. The molecule has 122 valence electrons. The van der Waals surface area contributed by atoms with Crippen LogP contribution in [0.1, 0.15) is 49.7 Å². The van der Waals surface area contributed by atoms with Crippen LogP contribution in [0.3, 0.4) is 0 Å². The molecule has 4 rings (SSSR count). The first-order valence-corrected chi connectivity index (χ1v) is 8.97. The van der Waals surface area contributed by atoms with Crippen LogP contribution < -0.4 is 4.90 Å². The molecule has 6 heteroatoms. The minimum Gasteiger partial charge on any atom is -0.370 e. The lowest BCUT2D eigenvalue weighted by molar-refractivity contribution is 0.466. The van der Waals surface area contributed by atoms with E-state index in [1.165, 1.54) is 37.3 Å². The Bertz CT molecular complexity index is 683. The third-order valence-electron chi connectivity index (χ3n) is 5.02. The van der Waals surface area contributed by atoms with Crippen LogP contribution in [-0.2, 0) is 13.0 Å². The molecule has 0 aromatic carbocycles. The highest BCUT2D eigenvalue weighted by Gasteiger charge is 2.28. The summed E-state index contributed by atoms with van der Waals surface area (Å²) in [4.78, 5) is 6.46. The van der Waals surface area contributed by atoms with Gasteiger partial charge in [0.2, 0.25) is 0 Å². The van der Waals surface area contributed by atoms with E-state index in [9.17, 15) is 0 Å². The topological polar surface area (TPSA) is 46.8 Å². The highest BCUT2D eigenvalue weighted by Crippen LogP contribution is 2.33. The number of anilines is 1. The highest BCUT2D eigenvalue weighted by molar-refractivity contribution is 6.33. The van der Waals surface area contributed by atoms with Crippen LogP contribution in [0.25, 0.3) is 0 Å². The predicted molar refractivity (Wildman–Crippen MR) is 91.0 cm³/mol. The molecule has 0 saturated carbocycles. The van der Waals surface area contributed by atoms with Crippen LogP contribution in [0.15, 0.2) is 18.5 Å². The summed E-state index contributed by atoms with van der Waals surface area (Å²) in [5.41, 5.74) is 1.09. The fourth-order valence-corrected chi connectivity index (χ4v) is 4.08. The molecule has 0 spiro atoms. The van der Waals surface area contributed by atoms with Gasteiger partial charge in [0.15, 0.2) is 0 Å². The van der Waals surface area contributed by atoms with E-state index in [4.69, 9.17) is 11.6 Å². The molecular weight excluding hydrogens is 310 g/mol. The van der Waals surface area contributed by atoms with Crippen molar-refractivity contribution in [2.45, 2.75) is 51.0 Å². The van der Waals surface area contributed by atoms with Gasteiger partial charge in [0.25, 0.3) is 0 Å². The lowest BCUT2D eigenvalue weighted by Gasteiger charge is -2.34. The van der Waals surface area contributed by atoms with Crippen molar-refractivity contribution in [2.75, 3.05) is 18.0 Å². The van der Waals surface area contributed by atoms with Gasteiger partial charge in [-0.2, -0.15) is 0 Å². The quantitative estimate of drug-likeness (QED) is 0.845. The molecule has 1 unspecified atom stereocenters. The third kappa shape index (κ3) is 2.94. The van der Waals surface area contributed by atoms with Crippen molar-refractivity contribution in [1.29, 1.82) is 0 Å². The Morgan fingerprint density at radius 3 is 2.96 bits per heavy atom. The van der Waals surface area contributed by atoms with E-state index in [2.05, 4.69) is 24.6 Å². The van der Waals surface area contributed by atoms with E-state index in [1.54, 1.807) is 6.20 Å². The highest BCUT2D eigenvalue weighted by atomic mass is 35.5. The Morgan fingerprint density at radius 1 is 1.09 bits per heavy atom. The Labute approximate surface area is 141 Å². The van der Waals surface area contributed by atoms with Crippen LogP contribution in [0.2, 0.25) is 5.02 Å². The summed E-state index contributed by atoms with van der Waals surface area (Å²) in [5.74, 6) is 2.79. The van der Waals surface area contributed by atoms with E-state index in [-0.39, 0.29) is 0 Å². The molecule has 2 aliphatic heterocycles. The van der Waals surface area contributed by atoms with Crippen LogP contribution >= 0.6 is 11.6 Å². The van der Waals surface area contributed by atoms with Gasteiger partial charge in [0, 0.05) is 44.4 Å². The lowest BCUT2D eigenvalue weighted by Crippen LogP contribution is -2.35. The monoisotopic (exact) mass is 331 g/mol. The fraction of sp³-hybridized carbons (Fsp3) is 0.588. The summed E-state index contributed by atoms with van der Waals surface area (Å²) >= 11 is 6.33. The Hall–Kier alpha value is -1.62. The second-order valence-electron chi connectivity index (χ2n) is 6.55. The first-order valence-electron chi connectivity index (χ1n) is 8.59. The average molecular weight is 332 g/mol. The summed E-state index contributed by atoms with van der Waals surface area (Å²) in [7, 11) is 0. The van der Waals surface area contributed by atoms with Gasteiger partial charge in [-0.25, -0.2) is 0 Å². The molecule has 2 aromatic rings. The summed E-state index contributed by atoms with van der Waals surface area (Å²) in [6.45, 7) is 3.08. The molecule has 23 heavy (non-hydrogen) atoms. The minimum atomic E-state index is 0.437. The van der Waals surface area contributed by atoms with E-state index < -0.39 is 0 Å². The van der Waals surface area contributed by atoms with Crippen LogP contribution in [0.5, 0.6) is 0 Å². The van der Waals surface area contributed by atoms with Crippen molar-refractivity contribution in [3.05, 3.63) is 35.1 Å². The van der Waals surface area contributed by atoms with Crippen LogP contribution in [-0.4, -0.2) is 32.8 Å². The largest absolute Gasteiger partial charge is 0.370 e. The molecule has 0 amide bonds. The zero-order chi connectivity index (χ0) is 15.6. The third-order valence-corrected chi connectivity index (χ3v) is 5.31. The molecule has 0 radical (unpaired) electrons. The Kier molecular flexibility index (Phi) is 4.21. The number of aromatic nitrogens is 4. The van der Waals surface area contributed by atoms with Gasteiger partial charge in [0.05, 0.1) is 10.7 Å². The summed E-state index contributed by atoms with van der Waals surface area (Å²) in [5, 5.41) is 9.75. The molecule has 0 bridgehead atoms. The van der Waals surface area contributed by atoms with E-state index in [1.807, 2.05) is 12.3 Å². The molecular formula is C17H22ClN5. The SMILES string of the molecule is Clc1cnccc1N1CCCC(c2nnc3n2CCCCC3)C1. The molecule has 1 fully saturated rings. The van der Waals surface area contributed by atoms with Crippen molar-refractivity contribution in [3.63, 3.8) is 0 Å². The second kappa shape index (κ2) is 6.48. The number of piperidine rings is 1. The number of rotatable bonds is 2. The summed E-state index contributed by atoms with van der Waals surface area (Å²) in [6, 6.07) is 2.01. The standard InChI is InChI=1S/C17H22ClN5/c18-14-11-19-8-7-15(14)22-9-4-5-13(12-22)17-21-20-16-6-2-1-3-10-23(16)17/h7-8,11,13H,1-6,9-10,12H2. The number of hydrogen-bond donors (Lipinski definition) is 0. The van der Waals surface area contributed by atoms with Crippen molar-refractivity contribution >= 4 is 17.3 Å². The van der Waals surface area contributed by atoms with Gasteiger partial charge in [-0.15, -0.1) is 10.2 Å². The molecule has 2 aromatic heterocycles. The lowest BCUT2D eigenvalue weighted by atomic mass is 9.96. The first kappa shape index (κ1) is 14.9. The van der Waals surface area contributed by atoms with E-state index in [0.29, 0.717) is 5.92 Å². The van der Waals surface area contributed by atoms with Crippen molar-refractivity contribution in [3.8, 4) is 0 Å². The minimum absolute atomic E-state index is 0.437. The zero-order valence-electron chi connectivity index (χ0n) is 13.3. The van der Waals surface area contributed by atoms with Gasteiger partial charge >= 0.3 is 0 Å². The number of halogens is 1. The first-order chi connectivity index (χ1) is 11.3. The molecule has 1 atom stereocenters. The van der Waals surface area contributed by atoms with Crippen molar-refractivity contribution in [2.24, 2.45) is 0 Å². The Balaban J connectivity index is 1.58. The maximum atomic E-state index is 6.33. The number of fused-ring (bicyclic) bond motifs is 1. The second-order valence-corrected chi connectivity index (χ2v) is 6.96. The molecule has 4 heterocycles. The normalized spacial score (nSPS) is 21.8. The maximum Gasteiger partial charge on any atom is 0.137 e. The fourth-order valence-electron chi connectivity index (χ4n) is 3.84. The molecule has 0 N–H and O–H groups in total. The van der Waals surface area contributed by atoms with E-state index >= 15 is 0 Å². The van der Waals surface area contributed by atoms with Crippen LogP contribution in [0, 0.1) is 0 Å². The van der Waals surface area contributed by atoms with Gasteiger partial charge in [0.1, 0.15) is 11.6 Å². The van der Waals surface area contributed by atoms with Gasteiger partial charge in [-0.05, 0) is 31.7 Å². The van der Waals surface area contributed by atoms with E-state index in [0.717, 1.165) is 43.2 Å². The average Bonchev–Trinajstić information content (AvgIpc) is 2.84. The van der Waals surface area contributed by atoms with Crippen molar-refractivity contribution in [1.82, 2.24) is 19.7 Å². The number of aryl methyl sites for hydroxylation is 1.